The van der Waals surface area contributed by atoms with Crippen molar-refractivity contribution < 1.29 is 9.00 Å². The van der Waals surface area contributed by atoms with Crippen molar-refractivity contribution in [1.29, 1.82) is 0 Å². The minimum Gasteiger partial charge on any atom is -0.306 e. The smallest absolute Gasteiger partial charge is 0.258 e. The van der Waals surface area contributed by atoms with Crippen LogP contribution in [0.4, 0.5) is 5.82 Å². The third-order valence-electron chi connectivity index (χ3n) is 4.88. The Bertz CT molecular complexity index is 1140. The summed E-state index contributed by atoms with van der Waals surface area (Å²) in [5.74, 6) is 0.918. The molecule has 4 rings (SSSR count). The molecular formula is C20H17Cl2N3O2S. The van der Waals surface area contributed by atoms with Gasteiger partial charge in [0, 0.05) is 21.4 Å². The average Bonchev–Trinajstić information content (AvgIpc) is 3.14. The van der Waals surface area contributed by atoms with Crippen molar-refractivity contribution in [3.8, 4) is 5.69 Å². The van der Waals surface area contributed by atoms with Crippen LogP contribution in [-0.4, -0.2) is 19.9 Å². The number of halogens is 2. The van der Waals surface area contributed by atoms with Gasteiger partial charge in [0.05, 0.1) is 33.5 Å². The molecule has 0 spiro atoms. The SMILES string of the molecule is Cc1cccc(-n2nc3c(c2NC(=O)c2ccc(Cl)cc2Cl)C[S@@](=O)C3)c1C. The molecule has 0 saturated carbocycles. The summed E-state index contributed by atoms with van der Waals surface area (Å²) >= 11 is 12.1. The highest BCUT2D eigenvalue weighted by atomic mass is 35.5. The molecule has 28 heavy (non-hydrogen) atoms. The predicted molar refractivity (Wildman–Crippen MR) is 113 cm³/mol. The number of nitrogens with one attached hydrogen (secondary N) is 1. The molecule has 0 saturated heterocycles. The van der Waals surface area contributed by atoms with E-state index in [4.69, 9.17) is 23.2 Å². The molecule has 0 aliphatic carbocycles. The van der Waals surface area contributed by atoms with E-state index in [1.165, 1.54) is 6.07 Å². The van der Waals surface area contributed by atoms with Crippen LogP contribution in [0, 0.1) is 13.8 Å². The van der Waals surface area contributed by atoms with Crippen molar-refractivity contribution in [3.05, 3.63) is 74.4 Å². The second-order valence-corrected chi connectivity index (χ2v) is 9.01. The first-order valence-corrected chi connectivity index (χ1v) is 10.9. The quantitative estimate of drug-likeness (QED) is 0.644. The van der Waals surface area contributed by atoms with Gasteiger partial charge >= 0.3 is 0 Å². The van der Waals surface area contributed by atoms with E-state index >= 15 is 0 Å². The first-order valence-electron chi connectivity index (χ1n) is 8.64. The summed E-state index contributed by atoms with van der Waals surface area (Å²) in [5, 5.41) is 8.31. The summed E-state index contributed by atoms with van der Waals surface area (Å²) in [6, 6.07) is 10.6. The van der Waals surface area contributed by atoms with Crippen molar-refractivity contribution in [3.63, 3.8) is 0 Å². The molecule has 3 aromatic rings. The summed E-state index contributed by atoms with van der Waals surface area (Å²) in [6.45, 7) is 4.04. The molecule has 1 atom stereocenters. The molecule has 5 nitrogen and oxygen atoms in total. The number of aromatic nitrogens is 2. The Kier molecular flexibility index (Phi) is 5.04. The van der Waals surface area contributed by atoms with E-state index in [1.807, 2.05) is 32.0 Å². The lowest BCUT2D eigenvalue weighted by atomic mass is 10.1. The minimum atomic E-state index is -1.01. The van der Waals surface area contributed by atoms with Gasteiger partial charge in [0.15, 0.2) is 0 Å². The number of nitrogens with zero attached hydrogens (tertiary/aromatic N) is 2. The maximum atomic E-state index is 12.9. The van der Waals surface area contributed by atoms with E-state index in [1.54, 1.807) is 16.8 Å². The van der Waals surface area contributed by atoms with Crippen LogP contribution in [0.15, 0.2) is 36.4 Å². The van der Waals surface area contributed by atoms with Gasteiger partial charge in [0.2, 0.25) is 0 Å². The van der Waals surface area contributed by atoms with Crippen molar-refractivity contribution in [1.82, 2.24) is 9.78 Å². The maximum absolute atomic E-state index is 12.9. The Labute approximate surface area is 175 Å². The van der Waals surface area contributed by atoms with Crippen LogP contribution in [0.1, 0.15) is 32.7 Å². The van der Waals surface area contributed by atoms with Gasteiger partial charge in [-0.15, -0.1) is 0 Å². The molecule has 8 heteroatoms. The molecule has 2 heterocycles. The van der Waals surface area contributed by atoms with Gasteiger partial charge < -0.3 is 5.32 Å². The van der Waals surface area contributed by atoms with Crippen LogP contribution in [-0.2, 0) is 22.3 Å². The van der Waals surface area contributed by atoms with Crippen molar-refractivity contribution >= 4 is 45.7 Å². The van der Waals surface area contributed by atoms with E-state index in [2.05, 4.69) is 10.4 Å². The molecule has 2 aromatic carbocycles. The normalized spacial score (nSPS) is 15.5. The number of anilines is 1. The summed E-state index contributed by atoms with van der Waals surface area (Å²) < 4.78 is 13.8. The lowest BCUT2D eigenvalue weighted by Gasteiger charge is -2.14. The van der Waals surface area contributed by atoms with Crippen molar-refractivity contribution in [2.75, 3.05) is 5.32 Å². The van der Waals surface area contributed by atoms with Gasteiger partial charge in [-0.1, -0.05) is 35.3 Å². The summed E-state index contributed by atoms with van der Waals surface area (Å²) in [5.41, 5.74) is 4.92. The molecule has 0 radical (unpaired) electrons. The molecule has 1 aliphatic heterocycles. The molecular weight excluding hydrogens is 417 g/mol. The fraction of sp³-hybridized carbons (Fsp3) is 0.200. The average molecular weight is 434 g/mol. The van der Waals surface area contributed by atoms with Crippen LogP contribution >= 0.6 is 23.2 Å². The zero-order valence-electron chi connectivity index (χ0n) is 15.3. The van der Waals surface area contributed by atoms with Crippen LogP contribution in [0.5, 0.6) is 0 Å². The van der Waals surface area contributed by atoms with E-state index in [0.717, 1.165) is 28.1 Å². The zero-order chi connectivity index (χ0) is 20.0. The predicted octanol–water partition coefficient (Wildman–Crippen LogP) is 4.81. The Hall–Kier alpha value is -2.15. The van der Waals surface area contributed by atoms with Gasteiger partial charge in [-0.05, 0) is 49.2 Å². The van der Waals surface area contributed by atoms with Gasteiger partial charge in [0.1, 0.15) is 5.82 Å². The fourth-order valence-electron chi connectivity index (χ4n) is 3.24. The number of fused-ring (bicyclic) bond motifs is 1. The summed E-state index contributed by atoms with van der Waals surface area (Å²) in [4.78, 5) is 12.9. The molecule has 1 aliphatic rings. The number of aryl methyl sites for hydroxylation is 1. The Morgan fingerprint density at radius 2 is 1.96 bits per heavy atom. The molecule has 1 amide bonds. The number of amides is 1. The number of carbonyl (C=O) groups is 1. The second-order valence-electron chi connectivity index (χ2n) is 6.71. The van der Waals surface area contributed by atoms with Gasteiger partial charge in [0.25, 0.3) is 5.91 Å². The molecule has 0 unspecified atom stereocenters. The zero-order valence-corrected chi connectivity index (χ0v) is 17.6. The molecule has 144 valence electrons. The number of rotatable bonds is 3. The maximum Gasteiger partial charge on any atom is 0.258 e. The van der Waals surface area contributed by atoms with Crippen LogP contribution in [0.3, 0.4) is 0 Å². The highest BCUT2D eigenvalue weighted by Gasteiger charge is 2.29. The third kappa shape index (κ3) is 3.36. The van der Waals surface area contributed by atoms with Crippen molar-refractivity contribution in [2.24, 2.45) is 0 Å². The third-order valence-corrected chi connectivity index (χ3v) is 6.64. The second kappa shape index (κ2) is 7.35. The largest absolute Gasteiger partial charge is 0.306 e. The molecule has 1 N–H and O–H groups in total. The number of hydrogen-bond acceptors (Lipinski definition) is 3. The van der Waals surface area contributed by atoms with E-state index in [0.29, 0.717) is 27.9 Å². The Morgan fingerprint density at radius 3 is 2.71 bits per heavy atom. The fourth-order valence-corrected chi connectivity index (χ4v) is 5.00. The Balaban J connectivity index is 1.80. The monoisotopic (exact) mass is 433 g/mol. The lowest BCUT2D eigenvalue weighted by Crippen LogP contribution is -2.17. The minimum absolute atomic E-state index is 0.267. The highest BCUT2D eigenvalue weighted by molar-refractivity contribution is 7.83. The number of hydrogen-bond donors (Lipinski definition) is 1. The molecule has 0 fully saturated rings. The Morgan fingerprint density at radius 1 is 1.18 bits per heavy atom. The number of benzene rings is 2. The number of carbonyl (C=O) groups excluding carboxylic acids is 1. The standard InChI is InChI=1S/C20H17Cl2N3O2S/c1-11-4-3-5-18(12(11)2)25-19(15-9-28(27)10-17(15)24-25)23-20(26)14-7-6-13(21)8-16(14)22/h3-8H,9-10H2,1-2H3,(H,23,26)/t28-/m1/s1. The first-order chi connectivity index (χ1) is 13.3. The van der Waals surface area contributed by atoms with Gasteiger partial charge in [-0.3, -0.25) is 9.00 Å². The van der Waals surface area contributed by atoms with Gasteiger partial charge in [-0.2, -0.15) is 5.10 Å². The van der Waals surface area contributed by atoms with Crippen LogP contribution < -0.4 is 5.32 Å². The summed E-state index contributed by atoms with van der Waals surface area (Å²) in [7, 11) is -1.01. The van der Waals surface area contributed by atoms with Crippen molar-refractivity contribution in [2.45, 2.75) is 25.4 Å². The van der Waals surface area contributed by atoms with Crippen LogP contribution in [0.2, 0.25) is 10.0 Å². The van der Waals surface area contributed by atoms with E-state index in [9.17, 15) is 9.00 Å². The van der Waals surface area contributed by atoms with Gasteiger partial charge in [-0.25, -0.2) is 4.68 Å². The topological polar surface area (TPSA) is 64.0 Å². The van der Waals surface area contributed by atoms with E-state index < -0.39 is 10.8 Å². The first kappa shape index (κ1) is 19.2. The lowest BCUT2D eigenvalue weighted by molar-refractivity contribution is 0.102. The van der Waals surface area contributed by atoms with Crippen LogP contribution in [0.25, 0.3) is 5.69 Å². The molecule has 1 aromatic heterocycles. The summed E-state index contributed by atoms with van der Waals surface area (Å²) in [6.07, 6.45) is 0. The van der Waals surface area contributed by atoms with E-state index in [-0.39, 0.29) is 10.9 Å². The molecule has 0 bridgehead atoms. The highest BCUT2D eigenvalue weighted by Crippen LogP contribution is 2.33.